The van der Waals surface area contributed by atoms with Crippen molar-refractivity contribution in [3.8, 4) is 0 Å². The van der Waals surface area contributed by atoms with Gasteiger partial charge < -0.3 is 10.2 Å². The molecule has 1 aliphatic heterocycles. The van der Waals surface area contributed by atoms with Crippen LogP contribution < -0.4 is 5.32 Å². The van der Waals surface area contributed by atoms with E-state index in [9.17, 15) is 0 Å². The highest BCUT2D eigenvalue weighted by atomic mass is 15.2. The molecule has 14 heavy (non-hydrogen) atoms. The second-order valence-corrected chi connectivity index (χ2v) is 3.88. The van der Waals surface area contributed by atoms with Gasteiger partial charge in [-0.05, 0) is 26.9 Å². The van der Waals surface area contributed by atoms with Gasteiger partial charge in [-0.1, -0.05) is 0 Å². The average Bonchev–Trinajstić information content (AvgIpc) is 2.56. The molecule has 1 aromatic rings. The Morgan fingerprint density at radius 3 is 2.86 bits per heavy atom. The molecule has 76 valence electrons. The Hall–Kier alpha value is -1.16. The van der Waals surface area contributed by atoms with Crippen molar-refractivity contribution in [3.05, 3.63) is 18.1 Å². The molecule has 0 aliphatic carbocycles. The summed E-state index contributed by atoms with van der Waals surface area (Å²) >= 11 is 0. The van der Waals surface area contributed by atoms with Gasteiger partial charge in [-0.25, -0.2) is 4.98 Å². The summed E-state index contributed by atoms with van der Waals surface area (Å²) in [6.45, 7) is 4.24. The van der Waals surface area contributed by atoms with Crippen molar-refractivity contribution in [2.75, 3.05) is 25.5 Å². The fourth-order valence-electron chi connectivity index (χ4n) is 1.80. The zero-order chi connectivity index (χ0) is 9.97. The SMILES string of the molecule is Cc1nccnc1NC1CCN(C)C1. The fourth-order valence-corrected chi connectivity index (χ4v) is 1.80. The summed E-state index contributed by atoms with van der Waals surface area (Å²) in [5.74, 6) is 0.924. The van der Waals surface area contributed by atoms with E-state index in [-0.39, 0.29) is 0 Å². The first-order chi connectivity index (χ1) is 6.75. The van der Waals surface area contributed by atoms with Gasteiger partial charge in [0, 0.05) is 25.0 Å². The van der Waals surface area contributed by atoms with Gasteiger partial charge in [0.15, 0.2) is 0 Å². The van der Waals surface area contributed by atoms with Crippen molar-refractivity contribution < 1.29 is 0 Å². The predicted molar refractivity (Wildman–Crippen MR) is 56.3 cm³/mol. The normalized spacial score (nSPS) is 22.6. The largest absolute Gasteiger partial charge is 0.365 e. The average molecular weight is 192 g/mol. The van der Waals surface area contributed by atoms with E-state index in [1.807, 2.05) is 6.92 Å². The van der Waals surface area contributed by atoms with Gasteiger partial charge in [-0.15, -0.1) is 0 Å². The summed E-state index contributed by atoms with van der Waals surface area (Å²) in [7, 11) is 2.14. The summed E-state index contributed by atoms with van der Waals surface area (Å²) in [5, 5.41) is 3.42. The molecule has 0 bridgehead atoms. The molecular formula is C10H16N4. The van der Waals surface area contributed by atoms with E-state index >= 15 is 0 Å². The van der Waals surface area contributed by atoms with Gasteiger partial charge in [0.25, 0.3) is 0 Å². The maximum absolute atomic E-state index is 4.27. The summed E-state index contributed by atoms with van der Waals surface area (Å²) in [6.07, 6.45) is 4.64. The van der Waals surface area contributed by atoms with Crippen molar-refractivity contribution in [2.45, 2.75) is 19.4 Å². The molecule has 0 radical (unpaired) electrons. The fraction of sp³-hybridized carbons (Fsp3) is 0.600. The molecule has 4 nitrogen and oxygen atoms in total. The van der Waals surface area contributed by atoms with Crippen LogP contribution in [0.1, 0.15) is 12.1 Å². The number of likely N-dealkylation sites (tertiary alicyclic amines) is 1. The van der Waals surface area contributed by atoms with Crippen molar-refractivity contribution in [1.82, 2.24) is 14.9 Å². The van der Waals surface area contributed by atoms with E-state index in [2.05, 4.69) is 27.2 Å². The van der Waals surface area contributed by atoms with Crippen molar-refractivity contribution in [1.29, 1.82) is 0 Å². The van der Waals surface area contributed by atoms with Gasteiger partial charge in [0.1, 0.15) is 5.82 Å². The number of rotatable bonds is 2. The molecule has 2 heterocycles. The number of likely N-dealkylation sites (N-methyl/N-ethyl adjacent to an activating group) is 1. The minimum atomic E-state index is 0.524. The minimum absolute atomic E-state index is 0.524. The van der Waals surface area contributed by atoms with Crippen molar-refractivity contribution in [2.24, 2.45) is 0 Å². The zero-order valence-electron chi connectivity index (χ0n) is 8.70. The number of hydrogen-bond acceptors (Lipinski definition) is 4. The lowest BCUT2D eigenvalue weighted by Gasteiger charge is -2.14. The second kappa shape index (κ2) is 3.92. The molecule has 4 heteroatoms. The molecule has 1 N–H and O–H groups in total. The standard InChI is InChI=1S/C10H16N4/c1-8-10(12-5-4-11-8)13-9-3-6-14(2)7-9/h4-5,9H,3,6-7H2,1-2H3,(H,12,13). The topological polar surface area (TPSA) is 41.1 Å². The number of aromatic nitrogens is 2. The number of hydrogen-bond donors (Lipinski definition) is 1. The molecule has 1 aromatic heterocycles. The number of nitrogens with one attached hydrogen (secondary N) is 1. The Morgan fingerprint density at radius 2 is 2.21 bits per heavy atom. The summed E-state index contributed by atoms with van der Waals surface area (Å²) in [6, 6.07) is 0.524. The van der Waals surface area contributed by atoms with Crippen LogP contribution in [0.3, 0.4) is 0 Å². The van der Waals surface area contributed by atoms with E-state index in [0.29, 0.717) is 6.04 Å². The van der Waals surface area contributed by atoms with Gasteiger partial charge in [-0.2, -0.15) is 0 Å². The highest BCUT2D eigenvalue weighted by Crippen LogP contribution is 2.14. The first-order valence-electron chi connectivity index (χ1n) is 4.98. The van der Waals surface area contributed by atoms with Gasteiger partial charge >= 0.3 is 0 Å². The first kappa shape index (κ1) is 9.40. The zero-order valence-corrected chi connectivity index (χ0v) is 8.70. The Bertz CT molecular complexity index is 313. The summed E-state index contributed by atoms with van der Waals surface area (Å²) in [5.41, 5.74) is 0.974. The molecule has 1 fully saturated rings. The first-order valence-corrected chi connectivity index (χ1v) is 4.98. The smallest absolute Gasteiger partial charge is 0.147 e. The Balaban J connectivity index is 2.01. The van der Waals surface area contributed by atoms with E-state index in [0.717, 1.165) is 24.6 Å². The highest BCUT2D eigenvalue weighted by molar-refractivity contribution is 5.39. The third-order valence-corrected chi connectivity index (χ3v) is 2.61. The number of anilines is 1. The Labute approximate surface area is 84.4 Å². The van der Waals surface area contributed by atoms with Gasteiger partial charge in [-0.3, -0.25) is 4.98 Å². The highest BCUT2D eigenvalue weighted by Gasteiger charge is 2.19. The van der Waals surface area contributed by atoms with E-state index < -0.39 is 0 Å². The lowest BCUT2D eigenvalue weighted by molar-refractivity contribution is 0.414. The molecular weight excluding hydrogens is 176 g/mol. The third kappa shape index (κ3) is 2.01. The lowest BCUT2D eigenvalue weighted by Crippen LogP contribution is -2.24. The molecule has 0 amide bonds. The summed E-state index contributed by atoms with van der Waals surface area (Å²) in [4.78, 5) is 10.8. The molecule has 0 aromatic carbocycles. The molecule has 1 aliphatic rings. The van der Waals surface area contributed by atoms with Crippen molar-refractivity contribution >= 4 is 5.82 Å². The third-order valence-electron chi connectivity index (χ3n) is 2.61. The van der Waals surface area contributed by atoms with E-state index in [4.69, 9.17) is 0 Å². The van der Waals surface area contributed by atoms with Crippen LogP contribution in [0.15, 0.2) is 12.4 Å². The Kier molecular flexibility index (Phi) is 2.63. The molecule has 2 rings (SSSR count). The lowest BCUT2D eigenvalue weighted by atomic mass is 10.2. The molecule has 0 saturated carbocycles. The van der Waals surface area contributed by atoms with Crippen LogP contribution in [0.25, 0.3) is 0 Å². The van der Waals surface area contributed by atoms with Crippen LogP contribution in [-0.4, -0.2) is 41.0 Å². The van der Waals surface area contributed by atoms with E-state index in [1.165, 1.54) is 6.42 Å². The van der Waals surface area contributed by atoms with Crippen LogP contribution in [0.5, 0.6) is 0 Å². The maximum atomic E-state index is 4.27. The predicted octanol–water partition coefficient (Wildman–Crippen LogP) is 0.901. The van der Waals surface area contributed by atoms with Crippen molar-refractivity contribution in [3.63, 3.8) is 0 Å². The van der Waals surface area contributed by atoms with E-state index in [1.54, 1.807) is 12.4 Å². The second-order valence-electron chi connectivity index (χ2n) is 3.88. The summed E-state index contributed by atoms with van der Waals surface area (Å²) < 4.78 is 0. The monoisotopic (exact) mass is 192 g/mol. The molecule has 0 spiro atoms. The molecule has 1 atom stereocenters. The van der Waals surface area contributed by atoms with Gasteiger partial charge in [0.05, 0.1) is 5.69 Å². The van der Waals surface area contributed by atoms with Crippen LogP contribution in [-0.2, 0) is 0 Å². The van der Waals surface area contributed by atoms with Crippen LogP contribution in [0.2, 0.25) is 0 Å². The quantitative estimate of drug-likeness (QED) is 0.756. The minimum Gasteiger partial charge on any atom is -0.365 e. The van der Waals surface area contributed by atoms with Crippen LogP contribution in [0.4, 0.5) is 5.82 Å². The van der Waals surface area contributed by atoms with Crippen LogP contribution in [0, 0.1) is 6.92 Å². The number of aryl methyl sites for hydroxylation is 1. The molecule has 1 unspecified atom stereocenters. The maximum Gasteiger partial charge on any atom is 0.147 e. The van der Waals surface area contributed by atoms with Crippen LogP contribution >= 0.6 is 0 Å². The Morgan fingerprint density at radius 1 is 1.43 bits per heavy atom. The number of nitrogens with zero attached hydrogens (tertiary/aromatic N) is 3. The molecule has 1 saturated heterocycles. The van der Waals surface area contributed by atoms with Gasteiger partial charge in [0.2, 0.25) is 0 Å².